The van der Waals surface area contributed by atoms with Crippen LogP contribution in [-0.2, 0) is 31.1 Å². The first-order valence-electron chi connectivity index (χ1n) is 12.2. The van der Waals surface area contributed by atoms with Crippen molar-refractivity contribution in [1.29, 1.82) is 0 Å². The number of hydrogen-bond acceptors (Lipinski definition) is 6. The predicted octanol–water partition coefficient (Wildman–Crippen LogP) is 4.96. The van der Waals surface area contributed by atoms with E-state index in [1.165, 1.54) is 21.6 Å². The Balaban J connectivity index is 1.42. The van der Waals surface area contributed by atoms with Gasteiger partial charge in [-0.05, 0) is 49.7 Å². The highest BCUT2D eigenvalue weighted by atomic mass is 19.4. The zero-order valence-electron chi connectivity index (χ0n) is 21.3. The Labute approximate surface area is 220 Å². The summed E-state index contributed by atoms with van der Waals surface area (Å²) in [6.07, 6.45) is -0.472. The van der Waals surface area contributed by atoms with Crippen molar-refractivity contribution in [2.45, 2.75) is 39.3 Å². The molecular formula is C27H24F3N7O2. The molecular weight excluding hydrogens is 511 g/mol. The van der Waals surface area contributed by atoms with Crippen molar-refractivity contribution in [2.75, 3.05) is 10.6 Å². The molecule has 9 nitrogen and oxygen atoms in total. The van der Waals surface area contributed by atoms with E-state index in [4.69, 9.17) is 10.5 Å². The number of benzene rings is 1. The fraction of sp³-hybridized carbons (Fsp3) is 0.259. The van der Waals surface area contributed by atoms with Gasteiger partial charge in [-0.2, -0.15) is 18.3 Å². The molecule has 0 radical (unpaired) electrons. The Bertz CT molecular complexity index is 1770. The first kappa shape index (κ1) is 24.9. The fourth-order valence-electron chi connectivity index (χ4n) is 5.12. The molecule has 5 aromatic rings. The van der Waals surface area contributed by atoms with E-state index in [1.54, 1.807) is 43.0 Å². The maximum atomic E-state index is 14.0. The van der Waals surface area contributed by atoms with Gasteiger partial charge in [0.25, 0.3) is 5.91 Å². The van der Waals surface area contributed by atoms with Crippen LogP contribution in [0.1, 0.15) is 51.5 Å². The van der Waals surface area contributed by atoms with E-state index >= 15 is 0 Å². The summed E-state index contributed by atoms with van der Waals surface area (Å²) in [5.41, 5.74) is 10.1. The van der Waals surface area contributed by atoms with E-state index in [2.05, 4.69) is 15.1 Å². The Hall–Kier alpha value is -4.45. The van der Waals surface area contributed by atoms with Gasteiger partial charge in [0.2, 0.25) is 0 Å². The predicted molar refractivity (Wildman–Crippen MR) is 138 cm³/mol. The number of aromatic nitrogens is 5. The standard InChI is InChI=1S/C27H24F3N7O2/c1-14-22(12-35(3)34-14)37(11-18-10-36-9-17(27(28,29)30)5-7-23(36)32-18)26(38)16-4-6-21-19(8-16)20-13-39-15(2)24(20)25(31)33-21/h4-10,12,15H,11,13H2,1-3H3,(H2,31,33)/t15-/m0/s1. The molecule has 5 heterocycles. The number of carbonyl (C=O) groups is 1. The number of alkyl halides is 3. The number of imidazole rings is 1. The highest BCUT2D eigenvalue weighted by Gasteiger charge is 2.31. The van der Waals surface area contributed by atoms with Crippen LogP contribution < -0.4 is 10.6 Å². The van der Waals surface area contributed by atoms with Crippen molar-refractivity contribution < 1.29 is 22.7 Å². The summed E-state index contributed by atoms with van der Waals surface area (Å²) in [6.45, 7) is 4.08. The molecule has 0 saturated carbocycles. The molecule has 0 unspecified atom stereocenters. The number of fused-ring (bicyclic) bond motifs is 4. The van der Waals surface area contributed by atoms with Gasteiger partial charge >= 0.3 is 6.18 Å². The van der Waals surface area contributed by atoms with E-state index in [0.29, 0.717) is 46.2 Å². The van der Waals surface area contributed by atoms with Gasteiger partial charge in [0.15, 0.2) is 0 Å². The van der Waals surface area contributed by atoms with Crippen molar-refractivity contribution in [3.63, 3.8) is 0 Å². The van der Waals surface area contributed by atoms with Gasteiger partial charge in [-0.3, -0.25) is 14.4 Å². The van der Waals surface area contributed by atoms with Crippen LogP contribution in [0.25, 0.3) is 16.6 Å². The van der Waals surface area contributed by atoms with Gasteiger partial charge in [0.1, 0.15) is 11.5 Å². The summed E-state index contributed by atoms with van der Waals surface area (Å²) in [5, 5.41) is 5.16. The molecule has 1 aliphatic heterocycles. The molecule has 6 rings (SSSR count). The summed E-state index contributed by atoms with van der Waals surface area (Å²) in [6, 6.07) is 7.50. The monoisotopic (exact) mass is 535 g/mol. The number of aryl methyl sites for hydroxylation is 2. The molecule has 0 aliphatic carbocycles. The second kappa shape index (κ2) is 8.80. The van der Waals surface area contributed by atoms with Crippen molar-refractivity contribution in [3.8, 4) is 0 Å². The van der Waals surface area contributed by atoms with Crippen LogP contribution in [0.15, 0.2) is 48.9 Å². The van der Waals surface area contributed by atoms with Crippen molar-refractivity contribution >= 4 is 34.0 Å². The normalized spacial score (nSPS) is 15.3. The van der Waals surface area contributed by atoms with Crippen molar-refractivity contribution in [1.82, 2.24) is 24.1 Å². The summed E-state index contributed by atoms with van der Waals surface area (Å²) in [4.78, 5) is 24.5. The Kier molecular flexibility index (Phi) is 5.61. The molecule has 1 aromatic carbocycles. The van der Waals surface area contributed by atoms with E-state index < -0.39 is 11.7 Å². The summed E-state index contributed by atoms with van der Waals surface area (Å²) >= 11 is 0. The number of nitrogens with two attached hydrogens (primary N) is 1. The number of amides is 1. The second-order valence-corrected chi connectivity index (χ2v) is 9.65. The first-order valence-corrected chi connectivity index (χ1v) is 12.2. The second-order valence-electron chi connectivity index (χ2n) is 9.65. The molecule has 1 aliphatic rings. The molecule has 0 saturated heterocycles. The van der Waals surface area contributed by atoms with Crippen LogP contribution in [0.5, 0.6) is 0 Å². The minimum Gasteiger partial charge on any atom is -0.383 e. The van der Waals surface area contributed by atoms with Crippen LogP contribution in [-0.4, -0.2) is 30.1 Å². The van der Waals surface area contributed by atoms with Crippen LogP contribution >= 0.6 is 0 Å². The van der Waals surface area contributed by atoms with Crippen LogP contribution in [0, 0.1) is 6.92 Å². The first-order chi connectivity index (χ1) is 18.5. The molecule has 39 heavy (non-hydrogen) atoms. The number of hydrogen-bond donors (Lipinski definition) is 1. The topological polar surface area (TPSA) is 104 Å². The number of nitrogens with zero attached hydrogens (tertiary/aromatic N) is 6. The zero-order valence-corrected chi connectivity index (χ0v) is 21.3. The highest BCUT2D eigenvalue weighted by molar-refractivity contribution is 6.08. The lowest BCUT2D eigenvalue weighted by Crippen LogP contribution is -2.31. The van der Waals surface area contributed by atoms with Crippen LogP contribution in [0.4, 0.5) is 24.7 Å². The molecule has 200 valence electrons. The van der Waals surface area contributed by atoms with Crippen LogP contribution in [0.2, 0.25) is 0 Å². The lowest BCUT2D eigenvalue weighted by Gasteiger charge is -2.21. The summed E-state index contributed by atoms with van der Waals surface area (Å²) in [7, 11) is 1.75. The number of nitrogen functional groups attached to an aromatic ring is 1. The maximum Gasteiger partial charge on any atom is 0.417 e. The Morgan fingerprint density at radius 1 is 1.18 bits per heavy atom. The molecule has 0 fully saturated rings. The third kappa shape index (κ3) is 4.26. The van der Waals surface area contributed by atoms with E-state index in [-0.39, 0.29) is 18.6 Å². The van der Waals surface area contributed by atoms with Crippen molar-refractivity contribution in [2.24, 2.45) is 7.05 Å². The van der Waals surface area contributed by atoms with Crippen LogP contribution in [0.3, 0.4) is 0 Å². The number of anilines is 2. The Morgan fingerprint density at radius 3 is 2.69 bits per heavy atom. The molecule has 4 aromatic heterocycles. The molecule has 1 amide bonds. The van der Waals surface area contributed by atoms with Gasteiger partial charge in [-0.25, -0.2) is 9.97 Å². The van der Waals surface area contributed by atoms with E-state index in [1.807, 2.05) is 6.92 Å². The maximum absolute atomic E-state index is 14.0. The third-order valence-corrected chi connectivity index (χ3v) is 6.97. The van der Waals surface area contributed by atoms with Gasteiger partial charge in [-0.15, -0.1) is 0 Å². The number of ether oxygens (including phenoxy) is 1. The smallest absolute Gasteiger partial charge is 0.383 e. The zero-order chi connectivity index (χ0) is 27.6. The largest absolute Gasteiger partial charge is 0.417 e. The summed E-state index contributed by atoms with van der Waals surface area (Å²) < 4.78 is 48.3. The van der Waals surface area contributed by atoms with Gasteiger partial charge < -0.3 is 14.9 Å². The lowest BCUT2D eigenvalue weighted by atomic mass is 10.00. The van der Waals surface area contributed by atoms with E-state index in [0.717, 1.165) is 28.8 Å². The number of halogens is 3. The number of carbonyl (C=O) groups excluding carboxylic acids is 1. The third-order valence-electron chi connectivity index (χ3n) is 6.97. The molecule has 2 N–H and O–H groups in total. The quantitative estimate of drug-likeness (QED) is 0.349. The Morgan fingerprint density at radius 2 is 1.97 bits per heavy atom. The van der Waals surface area contributed by atoms with Crippen molar-refractivity contribution in [3.05, 3.63) is 82.6 Å². The van der Waals surface area contributed by atoms with Gasteiger partial charge in [0, 0.05) is 42.2 Å². The average Bonchev–Trinajstić information content (AvgIpc) is 3.57. The van der Waals surface area contributed by atoms with E-state index in [9.17, 15) is 18.0 Å². The number of pyridine rings is 2. The lowest BCUT2D eigenvalue weighted by molar-refractivity contribution is -0.137. The molecule has 1 atom stereocenters. The minimum absolute atomic E-state index is 0.0185. The van der Waals surface area contributed by atoms with Gasteiger partial charge in [0.05, 0.1) is 47.4 Å². The van der Waals surface area contributed by atoms with Gasteiger partial charge in [-0.1, -0.05) is 0 Å². The fourth-order valence-corrected chi connectivity index (χ4v) is 5.12. The SMILES string of the molecule is Cc1nn(C)cc1N(Cc1cn2cc(C(F)(F)F)ccc2n1)C(=O)c1ccc2nc(N)c3c(c2c1)CO[C@H]3C. The average molecular weight is 536 g/mol. The molecule has 0 spiro atoms. The molecule has 12 heteroatoms. The number of rotatable bonds is 4. The highest BCUT2D eigenvalue weighted by Crippen LogP contribution is 2.38. The minimum atomic E-state index is -4.48. The molecule has 0 bridgehead atoms. The summed E-state index contributed by atoms with van der Waals surface area (Å²) in [5.74, 6) is 0.0910.